The number of benzene rings is 1. The van der Waals surface area contributed by atoms with Gasteiger partial charge in [-0.3, -0.25) is 14.3 Å². The Balaban J connectivity index is 1.49. The lowest BCUT2D eigenvalue weighted by molar-refractivity contribution is -0.00834. The number of alkyl halides is 2. The van der Waals surface area contributed by atoms with Gasteiger partial charge in [0.15, 0.2) is 11.6 Å². The van der Waals surface area contributed by atoms with E-state index in [0.29, 0.717) is 32.4 Å². The maximum Gasteiger partial charge on any atom is 0.188 e. The minimum absolute atomic E-state index is 0.0189. The standard InChI is InChI=1S/C27H33F3N4O/c1-18-16-20-19-6-2-3-7-21(19)33-24(20)26(34(18)17-27(30)9-4-10-27)25-23(29)22(8-13-32-25)35-15-14-31-12-5-11-28/h2-3,6-8,13,18,26,31,33H,4-5,9-12,14-17H2,1H3/t18-,26?/m1/s1. The van der Waals surface area contributed by atoms with Gasteiger partial charge in [0.25, 0.3) is 0 Å². The summed E-state index contributed by atoms with van der Waals surface area (Å²) < 4.78 is 49.2. The van der Waals surface area contributed by atoms with Gasteiger partial charge in [-0.25, -0.2) is 8.78 Å². The zero-order valence-corrected chi connectivity index (χ0v) is 20.1. The molecule has 2 N–H and O–H groups in total. The predicted molar refractivity (Wildman–Crippen MR) is 131 cm³/mol. The first-order valence-electron chi connectivity index (χ1n) is 12.6. The van der Waals surface area contributed by atoms with Gasteiger partial charge in [0.1, 0.15) is 18.0 Å². The van der Waals surface area contributed by atoms with Crippen molar-refractivity contribution >= 4 is 10.9 Å². The Morgan fingerprint density at radius 1 is 1.23 bits per heavy atom. The van der Waals surface area contributed by atoms with Crippen LogP contribution in [0.5, 0.6) is 5.75 Å². The molecule has 0 bridgehead atoms. The molecule has 0 spiro atoms. The first kappa shape index (κ1) is 24.1. The third-order valence-electron chi connectivity index (χ3n) is 7.40. The van der Waals surface area contributed by atoms with Crippen molar-refractivity contribution in [1.29, 1.82) is 0 Å². The fraction of sp³-hybridized carbons (Fsp3) is 0.519. The van der Waals surface area contributed by atoms with E-state index >= 15 is 8.78 Å². The van der Waals surface area contributed by atoms with Crippen LogP contribution in [0.1, 0.15) is 55.6 Å². The van der Waals surface area contributed by atoms with Crippen LogP contribution in [0, 0.1) is 5.82 Å². The van der Waals surface area contributed by atoms with Crippen molar-refractivity contribution in [3.05, 3.63) is 59.3 Å². The molecule has 1 fully saturated rings. The van der Waals surface area contributed by atoms with Crippen LogP contribution in [-0.4, -0.2) is 59.5 Å². The Hall–Kier alpha value is -2.58. The summed E-state index contributed by atoms with van der Waals surface area (Å²) in [6.07, 6.45) is 4.71. The van der Waals surface area contributed by atoms with Crippen LogP contribution in [0.3, 0.4) is 0 Å². The van der Waals surface area contributed by atoms with E-state index in [9.17, 15) is 4.39 Å². The number of para-hydroxylation sites is 1. The molecule has 3 heterocycles. The molecule has 5 nitrogen and oxygen atoms in total. The molecule has 1 aromatic carbocycles. The molecule has 1 aliphatic heterocycles. The molecule has 1 saturated carbocycles. The molecule has 2 atom stereocenters. The summed E-state index contributed by atoms with van der Waals surface area (Å²) in [5.41, 5.74) is 2.01. The average molecular weight is 487 g/mol. The second kappa shape index (κ2) is 10.2. The predicted octanol–water partition coefficient (Wildman–Crippen LogP) is 5.26. The number of fused-ring (bicyclic) bond motifs is 3. The maximum absolute atomic E-state index is 15.9. The van der Waals surface area contributed by atoms with Crippen molar-refractivity contribution in [3.8, 4) is 5.75 Å². The fourth-order valence-corrected chi connectivity index (χ4v) is 5.39. The number of nitrogens with zero attached hydrogens (tertiary/aromatic N) is 2. The molecule has 2 aromatic heterocycles. The summed E-state index contributed by atoms with van der Waals surface area (Å²) in [4.78, 5) is 10.0. The van der Waals surface area contributed by atoms with Crippen molar-refractivity contribution in [3.63, 3.8) is 0 Å². The molecule has 8 heteroatoms. The van der Waals surface area contributed by atoms with Crippen molar-refractivity contribution < 1.29 is 17.9 Å². The molecule has 1 aliphatic carbocycles. The summed E-state index contributed by atoms with van der Waals surface area (Å²) in [6, 6.07) is 9.06. The number of pyridine rings is 1. The van der Waals surface area contributed by atoms with Crippen LogP contribution in [-0.2, 0) is 6.42 Å². The van der Waals surface area contributed by atoms with E-state index in [-0.39, 0.29) is 37.3 Å². The molecule has 0 radical (unpaired) electrons. The summed E-state index contributed by atoms with van der Waals surface area (Å²) in [5, 5.41) is 4.19. The number of H-pyrrole nitrogens is 1. The smallest absolute Gasteiger partial charge is 0.188 e. The highest BCUT2D eigenvalue weighted by Gasteiger charge is 2.45. The number of halogens is 3. The van der Waals surface area contributed by atoms with Crippen LogP contribution < -0.4 is 10.1 Å². The molecule has 5 rings (SSSR count). The van der Waals surface area contributed by atoms with E-state index in [1.165, 1.54) is 6.07 Å². The van der Waals surface area contributed by atoms with Crippen LogP contribution >= 0.6 is 0 Å². The van der Waals surface area contributed by atoms with Crippen molar-refractivity contribution in [2.45, 2.75) is 56.8 Å². The van der Waals surface area contributed by atoms with Gasteiger partial charge in [-0.15, -0.1) is 0 Å². The quantitative estimate of drug-likeness (QED) is 0.384. The van der Waals surface area contributed by atoms with Gasteiger partial charge in [0.2, 0.25) is 0 Å². The Labute approximate surface area is 204 Å². The SMILES string of the molecule is C[C@@H]1Cc2c([nH]c3ccccc23)C(c2nccc(OCCNCCCF)c2F)N1CC1(F)CCC1. The first-order valence-corrected chi connectivity index (χ1v) is 12.6. The zero-order chi connectivity index (χ0) is 24.4. The molecule has 188 valence electrons. The molecule has 35 heavy (non-hydrogen) atoms. The normalized spacial score (nSPS) is 21.6. The fourth-order valence-electron chi connectivity index (χ4n) is 5.39. The summed E-state index contributed by atoms with van der Waals surface area (Å²) >= 11 is 0. The largest absolute Gasteiger partial charge is 0.489 e. The molecular weight excluding hydrogens is 453 g/mol. The lowest BCUT2D eigenvalue weighted by Gasteiger charge is -2.46. The highest BCUT2D eigenvalue weighted by atomic mass is 19.1. The average Bonchev–Trinajstić information content (AvgIpc) is 3.20. The number of ether oxygens (including phenoxy) is 1. The second-order valence-corrected chi connectivity index (χ2v) is 9.84. The maximum atomic E-state index is 15.9. The van der Waals surface area contributed by atoms with Gasteiger partial charge in [-0.2, -0.15) is 0 Å². The van der Waals surface area contributed by atoms with Gasteiger partial charge in [0.05, 0.1) is 12.7 Å². The molecule has 2 aliphatic rings. The molecular formula is C27H33F3N4O. The van der Waals surface area contributed by atoms with Gasteiger partial charge in [-0.05, 0) is 57.2 Å². The van der Waals surface area contributed by atoms with E-state index in [2.05, 4.69) is 33.2 Å². The topological polar surface area (TPSA) is 53.2 Å². The third kappa shape index (κ3) is 4.78. The highest BCUT2D eigenvalue weighted by molar-refractivity contribution is 5.85. The van der Waals surface area contributed by atoms with Gasteiger partial charge >= 0.3 is 0 Å². The minimum atomic E-state index is -1.24. The van der Waals surface area contributed by atoms with Gasteiger partial charge in [-0.1, -0.05) is 18.2 Å². The molecule has 0 saturated heterocycles. The number of aromatic nitrogens is 2. The minimum Gasteiger partial charge on any atom is -0.489 e. The summed E-state index contributed by atoms with van der Waals surface area (Å²) in [6.45, 7) is 3.25. The van der Waals surface area contributed by atoms with Crippen LogP contribution in [0.15, 0.2) is 36.5 Å². The van der Waals surface area contributed by atoms with Crippen LogP contribution in [0.25, 0.3) is 10.9 Å². The Morgan fingerprint density at radius 3 is 2.83 bits per heavy atom. The first-order chi connectivity index (χ1) is 17.0. The lowest BCUT2D eigenvalue weighted by Crippen LogP contribution is -2.52. The van der Waals surface area contributed by atoms with Crippen LogP contribution in [0.4, 0.5) is 13.2 Å². The van der Waals surface area contributed by atoms with Crippen molar-refractivity contribution in [2.75, 3.05) is 32.9 Å². The molecule has 1 unspecified atom stereocenters. The molecule has 3 aromatic rings. The Morgan fingerprint density at radius 2 is 2.06 bits per heavy atom. The van der Waals surface area contributed by atoms with E-state index in [1.807, 2.05) is 18.2 Å². The number of nitrogens with one attached hydrogen (secondary N) is 2. The Kier molecular flexibility index (Phi) is 7.02. The van der Waals surface area contributed by atoms with E-state index in [4.69, 9.17) is 4.74 Å². The number of rotatable bonds is 10. The van der Waals surface area contributed by atoms with E-state index in [0.717, 1.165) is 35.0 Å². The van der Waals surface area contributed by atoms with Crippen molar-refractivity contribution in [2.24, 2.45) is 0 Å². The van der Waals surface area contributed by atoms with E-state index < -0.39 is 17.5 Å². The summed E-state index contributed by atoms with van der Waals surface area (Å²) in [5.74, 6) is -0.400. The van der Waals surface area contributed by atoms with Crippen molar-refractivity contribution in [1.82, 2.24) is 20.2 Å². The number of hydrogen-bond donors (Lipinski definition) is 2. The van der Waals surface area contributed by atoms with E-state index in [1.54, 1.807) is 6.20 Å². The monoisotopic (exact) mass is 486 g/mol. The molecule has 0 amide bonds. The lowest BCUT2D eigenvalue weighted by atomic mass is 9.79. The summed E-state index contributed by atoms with van der Waals surface area (Å²) in [7, 11) is 0. The van der Waals surface area contributed by atoms with Gasteiger partial charge in [0, 0.05) is 48.0 Å². The third-order valence-corrected chi connectivity index (χ3v) is 7.40. The van der Waals surface area contributed by atoms with Gasteiger partial charge < -0.3 is 15.0 Å². The Bertz CT molecular complexity index is 1160. The zero-order valence-electron chi connectivity index (χ0n) is 20.1. The number of hydrogen-bond acceptors (Lipinski definition) is 4. The highest BCUT2D eigenvalue weighted by Crippen LogP contribution is 2.45. The number of aromatic amines is 1. The second-order valence-electron chi connectivity index (χ2n) is 9.84. The van der Waals surface area contributed by atoms with Crippen LogP contribution in [0.2, 0.25) is 0 Å².